The van der Waals surface area contributed by atoms with Gasteiger partial charge in [0.25, 0.3) is 5.56 Å². The molecule has 1 N–H and O–H groups in total. The van der Waals surface area contributed by atoms with Crippen LogP contribution in [0.15, 0.2) is 47.3 Å². The summed E-state index contributed by atoms with van der Waals surface area (Å²) < 4.78 is 17.2. The first-order valence-electron chi connectivity index (χ1n) is 9.61. The summed E-state index contributed by atoms with van der Waals surface area (Å²) in [5, 5.41) is 7.17. The molecule has 0 radical (unpaired) electrons. The quantitative estimate of drug-likeness (QED) is 0.628. The lowest BCUT2D eigenvalue weighted by molar-refractivity contribution is -0.117. The Kier molecular flexibility index (Phi) is 6.59. The molecule has 0 atom stereocenters. The van der Waals surface area contributed by atoms with E-state index in [1.807, 2.05) is 32.0 Å². The van der Waals surface area contributed by atoms with E-state index in [9.17, 15) is 9.59 Å². The molecule has 0 saturated heterocycles. The molecular weight excluding hydrogens is 398 g/mol. The van der Waals surface area contributed by atoms with Gasteiger partial charge < -0.3 is 19.5 Å². The summed E-state index contributed by atoms with van der Waals surface area (Å²) in [5.41, 5.74) is 3.50. The molecule has 1 aromatic heterocycles. The van der Waals surface area contributed by atoms with Crippen molar-refractivity contribution in [1.82, 2.24) is 9.78 Å². The SMILES string of the molecule is COc1cc(-c2ccc(=O)n(CC(=O)Nc3cc(C)cc(C)c3)n2)cc(OC)c1OC. The fraction of sp³-hybridized carbons (Fsp3) is 0.261. The Labute approximate surface area is 180 Å². The lowest BCUT2D eigenvalue weighted by Crippen LogP contribution is -2.29. The number of aryl methyl sites for hydroxylation is 2. The van der Waals surface area contributed by atoms with Crippen LogP contribution in [0.25, 0.3) is 11.3 Å². The van der Waals surface area contributed by atoms with Gasteiger partial charge >= 0.3 is 0 Å². The van der Waals surface area contributed by atoms with Crippen LogP contribution in [0.5, 0.6) is 17.2 Å². The van der Waals surface area contributed by atoms with Crippen molar-refractivity contribution in [3.63, 3.8) is 0 Å². The maximum atomic E-state index is 12.5. The highest BCUT2D eigenvalue weighted by Gasteiger charge is 2.16. The van der Waals surface area contributed by atoms with Gasteiger partial charge in [-0.15, -0.1) is 0 Å². The zero-order chi connectivity index (χ0) is 22.5. The van der Waals surface area contributed by atoms with E-state index in [0.29, 0.717) is 34.2 Å². The highest BCUT2D eigenvalue weighted by molar-refractivity contribution is 5.90. The number of nitrogens with one attached hydrogen (secondary N) is 1. The Morgan fingerprint density at radius 3 is 2.10 bits per heavy atom. The minimum atomic E-state index is -0.383. The second-order valence-corrected chi connectivity index (χ2v) is 7.05. The van der Waals surface area contributed by atoms with Crippen molar-refractivity contribution in [3.05, 3.63) is 63.9 Å². The minimum absolute atomic E-state index is 0.218. The molecule has 0 aliphatic rings. The van der Waals surface area contributed by atoms with Gasteiger partial charge in [-0.25, -0.2) is 4.68 Å². The Balaban J connectivity index is 1.90. The minimum Gasteiger partial charge on any atom is -0.493 e. The van der Waals surface area contributed by atoms with Crippen molar-refractivity contribution in [3.8, 4) is 28.5 Å². The standard InChI is InChI=1S/C23H25N3O5/c1-14-8-15(2)10-17(9-14)24-21(27)13-26-22(28)7-6-18(25-26)16-11-19(29-3)23(31-5)20(12-16)30-4/h6-12H,13H2,1-5H3,(H,24,27). The molecule has 0 aliphatic heterocycles. The molecule has 0 saturated carbocycles. The van der Waals surface area contributed by atoms with Gasteiger partial charge in [0, 0.05) is 17.3 Å². The summed E-state index contributed by atoms with van der Waals surface area (Å²) in [6, 6.07) is 12.2. The van der Waals surface area contributed by atoms with Crippen molar-refractivity contribution in [2.45, 2.75) is 20.4 Å². The van der Waals surface area contributed by atoms with Gasteiger partial charge in [-0.2, -0.15) is 5.10 Å². The van der Waals surface area contributed by atoms with Crippen molar-refractivity contribution in [2.75, 3.05) is 26.6 Å². The summed E-state index contributed by atoms with van der Waals surface area (Å²) in [7, 11) is 4.56. The number of hydrogen-bond donors (Lipinski definition) is 1. The first-order valence-corrected chi connectivity index (χ1v) is 9.61. The second-order valence-electron chi connectivity index (χ2n) is 7.05. The van der Waals surface area contributed by atoms with Crippen LogP contribution in [0.2, 0.25) is 0 Å². The Morgan fingerprint density at radius 1 is 0.935 bits per heavy atom. The Hall–Kier alpha value is -3.81. The Bertz CT molecular complexity index is 1120. The molecule has 0 aliphatic carbocycles. The van der Waals surface area contributed by atoms with E-state index in [4.69, 9.17) is 14.2 Å². The smallest absolute Gasteiger partial charge is 0.267 e. The van der Waals surface area contributed by atoms with Crippen LogP contribution in [0.3, 0.4) is 0 Å². The maximum absolute atomic E-state index is 12.5. The number of carbonyl (C=O) groups is 1. The number of anilines is 1. The van der Waals surface area contributed by atoms with E-state index in [0.717, 1.165) is 15.8 Å². The molecule has 3 rings (SSSR count). The molecule has 0 fully saturated rings. The molecule has 0 spiro atoms. The molecule has 8 heteroatoms. The molecule has 1 amide bonds. The van der Waals surface area contributed by atoms with Crippen LogP contribution in [0.4, 0.5) is 5.69 Å². The molecule has 31 heavy (non-hydrogen) atoms. The third kappa shape index (κ3) is 5.03. The topological polar surface area (TPSA) is 91.7 Å². The molecule has 162 valence electrons. The van der Waals surface area contributed by atoms with Crippen LogP contribution >= 0.6 is 0 Å². The number of nitrogens with zero attached hydrogens (tertiary/aromatic N) is 2. The predicted molar refractivity (Wildman–Crippen MR) is 118 cm³/mol. The zero-order valence-corrected chi connectivity index (χ0v) is 18.2. The molecule has 0 bridgehead atoms. The molecule has 8 nitrogen and oxygen atoms in total. The lowest BCUT2D eigenvalue weighted by Gasteiger charge is -2.14. The Morgan fingerprint density at radius 2 is 1.55 bits per heavy atom. The highest BCUT2D eigenvalue weighted by Crippen LogP contribution is 2.40. The average Bonchev–Trinajstić information content (AvgIpc) is 2.73. The first-order chi connectivity index (χ1) is 14.8. The van der Waals surface area contributed by atoms with E-state index in [1.165, 1.54) is 27.4 Å². The lowest BCUT2D eigenvalue weighted by atomic mass is 10.1. The second kappa shape index (κ2) is 9.34. The normalized spacial score (nSPS) is 10.5. The van der Waals surface area contributed by atoms with E-state index in [1.54, 1.807) is 18.2 Å². The van der Waals surface area contributed by atoms with E-state index in [-0.39, 0.29) is 18.0 Å². The highest BCUT2D eigenvalue weighted by atomic mass is 16.5. The predicted octanol–water partition coefficient (Wildman–Crippen LogP) is 3.19. The maximum Gasteiger partial charge on any atom is 0.267 e. The number of carbonyl (C=O) groups excluding carboxylic acids is 1. The summed E-state index contributed by atoms with van der Waals surface area (Å²) >= 11 is 0. The molecule has 3 aromatic rings. The van der Waals surface area contributed by atoms with Gasteiger partial charge in [-0.3, -0.25) is 9.59 Å². The average molecular weight is 423 g/mol. The zero-order valence-electron chi connectivity index (χ0n) is 18.2. The van der Waals surface area contributed by atoms with Crippen LogP contribution in [0.1, 0.15) is 11.1 Å². The van der Waals surface area contributed by atoms with Crippen molar-refractivity contribution < 1.29 is 19.0 Å². The number of amides is 1. The first kappa shape index (κ1) is 21.9. The molecule has 0 unspecified atom stereocenters. The van der Waals surface area contributed by atoms with Gasteiger partial charge in [0.1, 0.15) is 6.54 Å². The van der Waals surface area contributed by atoms with Crippen molar-refractivity contribution in [2.24, 2.45) is 0 Å². The van der Waals surface area contributed by atoms with E-state index < -0.39 is 0 Å². The number of benzene rings is 2. The number of aromatic nitrogens is 2. The number of ether oxygens (including phenoxy) is 3. The molecular formula is C23H25N3O5. The molecule has 2 aromatic carbocycles. The summed E-state index contributed by atoms with van der Waals surface area (Å²) in [4.78, 5) is 24.8. The van der Waals surface area contributed by atoms with Crippen LogP contribution < -0.4 is 25.1 Å². The monoisotopic (exact) mass is 423 g/mol. The largest absolute Gasteiger partial charge is 0.493 e. The van der Waals surface area contributed by atoms with Gasteiger partial charge in [0.2, 0.25) is 11.7 Å². The number of rotatable bonds is 7. The van der Waals surface area contributed by atoms with Gasteiger partial charge in [0.05, 0.1) is 27.0 Å². The number of methoxy groups -OCH3 is 3. The number of hydrogen-bond acceptors (Lipinski definition) is 6. The summed E-state index contributed by atoms with van der Waals surface area (Å²) in [6.07, 6.45) is 0. The van der Waals surface area contributed by atoms with Gasteiger partial charge in [-0.05, 0) is 55.3 Å². The van der Waals surface area contributed by atoms with Crippen molar-refractivity contribution in [1.29, 1.82) is 0 Å². The van der Waals surface area contributed by atoms with E-state index in [2.05, 4.69) is 10.4 Å². The summed E-state index contributed by atoms with van der Waals surface area (Å²) in [6.45, 7) is 3.69. The third-order valence-electron chi connectivity index (χ3n) is 4.63. The van der Waals surface area contributed by atoms with Crippen LogP contribution in [-0.4, -0.2) is 37.0 Å². The van der Waals surface area contributed by atoms with Crippen LogP contribution in [0, 0.1) is 13.8 Å². The molecule has 1 heterocycles. The fourth-order valence-corrected chi connectivity index (χ4v) is 3.33. The third-order valence-corrected chi connectivity index (χ3v) is 4.63. The summed E-state index contributed by atoms with van der Waals surface area (Å²) in [5.74, 6) is 1.03. The fourth-order valence-electron chi connectivity index (χ4n) is 3.33. The van der Waals surface area contributed by atoms with Gasteiger partial charge in [-0.1, -0.05) is 6.07 Å². The van der Waals surface area contributed by atoms with E-state index >= 15 is 0 Å². The van der Waals surface area contributed by atoms with Crippen molar-refractivity contribution >= 4 is 11.6 Å². The van der Waals surface area contributed by atoms with Gasteiger partial charge in [0.15, 0.2) is 11.5 Å². The van der Waals surface area contributed by atoms with Crippen LogP contribution in [-0.2, 0) is 11.3 Å².